The molecule has 2 aliphatic heterocycles. The number of fused-ring (bicyclic) bond motifs is 1. The molecule has 0 radical (unpaired) electrons. The van der Waals surface area contributed by atoms with Crippen molar-refractivity contribution in [2.45, 2.75) is 13.1 Å². The van der Waals surface area contributed by atoms with Crippen LogP contribution in [-0.2, 0) is 13.1 Å². The molecular weight excluding hydrogens is 367 g/mol. The van der Waals surface area contributed by atoms with Gasteiger partial charge in [-0.3, -0.25) is 4.90 Å². The third-order valence-corrected chi connectivity index (χ3v) is 5.08. The van der Waals surface area contributed by atoms with Gasteiger partial charge in [-0.2, -0.15) is 0 Å². The van der Waals surface area contributed by atoms with E-state index in [0.717, 1.165) is 37.4 Å². The summed E-state index contributed by atoms with van der Waals surface area (Å²) >= 11 is 0. The van der Waals surface area contributed by atoms with Crippen LogP contribution in [0.2, 0.25) is 0 Å². The van der Waals surface area contributed by atoms with Crippen LogP contribution in [0.25, 0.3) is 0 Å². The summed E-state index contributed by atoms with van der Waals surface area (Å²) in [5, 5.41) is 3.38. The standard InChI is InChI=1S/C20H23FN4O.ClH/c1-23-14-17-18(24-11-9-22-10-12-24)3-2-4-19(17)25(20(23)26)13-15-5-7-16(21)8-6-15;/h2-8,22H,9-14H2,1H3;1H. The minimum Gasteiger partial charge on any atom is -0.369 e. The SMILES string of the molecule is CN1Cc2c(N3CCNCC3)cccc2N(Cc2ccc(F)cc2)C1=O.Cl. The molecule has 0 saturated carbocycles. The van der Waals surface area contributed by atoms with E-state index < -0.39 is 0 Å². The van der Waals surface area contributed by atoms with Crippen molar-refractivity contribution >= 4 is 29.8 Å². The first-order valence-electron chi connectivity index (χ1n) is 8.98. The third kappa shape index (κ3) is 3.87. The highest BCUT2D eigenvalue weighted by atomic mass is 35.5. The first kappa shape index (κ1) is 19.5. The van der Waals surface area contributed by atoms with Crippen LogP contribution in [-0.4, -0.2) is 44.2 Å². The Morgan fingerprint density at radius 1 is 1.04 bits per heavy atom. The fraction of sp³-hybridized carbons (Fsp3) is 0.350. The van der Waals surface area contributed by atoms with Gasteiger partial charge in [0.25, 0.3) is 0 Å². The van der Waals surface area contributed by atoms with E-state index in [1.54, 1.807) is 21.9 Å². The summed E-state index contributed by atoms with van der Waals surface area (Å²) in [6.07, 6.45) is 0. The molecule has 5 nitrogen and oxygen atoms in total. The molecule has 0 atom stereocenters. The van der Waals surface area contributed by atoms with E-state index in [-0.39, 0.29) is 24.3 Å². The third-order valence-electron chi connectivity index (χ3n) is 5.08. The van der Waals surface area contributed by atoms with Gasteiger partial charge >= 0.3 is 6.03 Å². The number of rotatable bonds is 3. The van der Waals surface area contributed by atoms with Gasteiger partial charge in [-0.05, 0) is 29.8 Å². The van der Waals surface area contributed by atoms with E-state index in [4.69, 9.17) is 0 Å². The Kier molecular flexibility index (Phi) is 5.87. The second-order valence-electron chi connectivity index (χ2n) is 6.86. The van der Waals surface area contributed by atoms with Gasteiger partial charge in [0.1, 0.15) is 5.82 Å². The van der Waals surface area contributed by atoms with Crippen molar-refractivity contribution < 1.29 is 9.18 Å². The molecule has 0 unspecified atom stereocenters. The van der Waals surface area contributed by atoms with Crippen molar-refractivity contribution in [2.24, 2.45) is 0 Å². The molecular formula is C20H24ClFN4O. The van der Waals surface area contributed by atoms with Gasteiger partial charge in [-0.25, -0.2) is 9.18 Å². The van der Waals surface area contributed by atoms with Crippen molar-refractivity contribution in [3.05, 3.63) is 59.4 Å². The van der Waals surface area contributed by atoms with Gasteiger partial charge in [0.2, 0.25) is 0 Å². The normalized spacial score (nSPS) is 16.8. The molecule has 4 rings (SSSR count). The number of nitrogens with zero attached hydrogens (tertiary/aromatic N) is 3. The second kappa shape index (κ2) is 8.15. The van der Waals surface area contributed by atoms with Gasteiger partial charge in [-0.15, -0.1) is 12.4 Å². The van der Waals surface area contributed by atoms with Crippen LogP contribution in [0.15, 0.2) is 42.5 Å². The summed E-state index contributed by atoms with van der Waals surface area (Å²) in [5.74, 6) is -0.266. The highest BCUT2D eigenvalue weighted by Gasteiger charge is 2.31. The van der Waals surface area contributed by atoms with Crippen LogP contribution in [0.1, 0.15) is 11.1 Å². The molecule has 1 N–H and O–H groups in total. The maximum absolute atomic E-state index is 13.2. The summed E-state index contributed by atoms with van der Waals surface area (Å²) < 4.78 is 13.2. The molecule has 7 heteroatoms. The van der Waals surface area contributed by atoms with E-state index >= 15 is 0 Å². The largest absolute Gasteiger partial charge is 0.369 e. The predicted molar refractivity (Wildman–Crippen MR) is 108 cm³/mol. The lowest BCUT2D eigenvalue weighted by Gasteiger charge is -2.39. The van der Waals surface area contributed by atoms with Gasteiger partial charge < -0.3 is 15.1 Å². The Labute approximate surface area is 165 Å². The average molecular weight is 391 g/mol. The maximum Gasteiger partial charge on any atom is 0.324 e. The highest BCUT2D eigenvalue weighted by Crippen LogP contribution is 2.36. The number of nitrogens with one attached hydrogen (secondary N) is 1. The molecule has 27 heavy (non-hydrogen) atoms. The van der Waals surface area contributed by atoms with E-state index in [1.165, 1.54) is 23.4 Å². The molecule has 2 aliphatic rings. The Balaban J connectivity index is 0.00000210. The zero-order valence-corrected chi connectivity index (χ0v) is 16.1. The fourth-order valence-corrected chi connectivity index (χ4v) is 3.72. The minimum atomic E-state index is -0.266. The Morgan fingerprint density at radius 2 is 1.70 bits per heavy atom. The Bertz CT molecular complexity index is 808. The monoisotopic (exact) mass is 390 g/mol. The first-order valence-corrected chi connectivity index (χ1v) is 8.98. The lowest BCUT2D eigenvalue weighted by Crippen LogP contribution is -2.47. The molecule has 1 fully saturated rings. The highest BCUT2D eigenvalue weighted by molar-refractivity contribution is 5.96. The van der Waals surface area contributed by atoms with Crippen LogP contribution in [0.4, 0.5) is 20.6 Å². The number of carbonyl (C=O) groups excluding carboxylic acids is 1. The summed E-state index contributed by atoms with van der Waals surface area (Å²) in [5.41, 5.74) is 4.24. The maximum atomic E-state index is 13.2. The first-order chi connectivity index (χ1) is 12.6. The van der Waals surface area contributed by atoms with Crippen molar-refractivity contribution in [1.82, 2.24) is 10.2 Å². The van der Waals surface area contributed by atoms with Gasteiger partial charge in [0.05, 0.1) is 18.8 Å². The van der Waals surface area contributed by atoms with Crippen LogP contribution < -0.4 is 15.1 Å². The molecule has 2 amide bonds. The van der Waals surface area contributed by atoms with Crippen LogP contribution in [0.5, 0.6) is 0 Å². The number of benzene rings is 2. The Hall–Kier alpha value is -2.31. The Morgan fingerprint density at radius 3 is 2.41 bits per heavy atom. The molecule has 1 saturated heterocycles. The number of hydrogen-bond donors (Lipinski definition) is 1. The zero-order valence-electron chi connectivity index (χ0n) is 15.3. The van der Waals surface area contributed by atoms with E-state index in [2.05, 4.69) is 16.3 Å². The molecule has 2 heterocycles. The van der Waals surface area contributed by atoms with Crippen LogP contribution in [0.3, 0.4) is 0 Å². The molecule has 2 aromatic carbocycles. The van der Waals surface area contributed by atoms with Crippen molar-refractivity contribution in [2.75, 3.05) is 43.0 Å². The second-order valence-corrected chi connectivity index (χ2v) is 6.86. The summed E-state index contributed by atoms with van der Waals surface area (Å²) in [6, 6.07) is 12.5. The number of urea groups is 1. The number of hydrogen-bond acceptors (Lipinski definition) is 3. The molecule has 144 valence electrons. The van der Waals surface area contributed by atoms with Gasteiger partial charge in [-0.1, -0.05) is 18.2 Å². The number of piperazine rings is 1. The molecule has 0 bridgehead atoms. The average Bonchev–Trinajstić information content (AvgIpc) is 2.67. The van der Waals surface area contributed by atoms with Gasteiger partial charge in [0.15, 0.2) is 0 Å². The lowest BCUT2D eigenvalue weighted by atomic mass is 10.0. The van der Waals surface area contributed by atoms with Gasteiger partial charge in [0, 0.05) is 44.5 Å². The van der Waals surface area contributed by atoms with Crippen molar-refractivity contribution in [1.29, 1.82) is 0 Å². The predicted octanol–water partition coefficient (Wildman–Crippen LogP) is 3.23. The molecule has 0 aromatic heterocycles. The molecule has 0 aliphatic carbocycles. The smallest absolute Gasteiger partial charge is 0.324 e. The minimum absolute atomic E-state index is 0. The van der Waals surface area contributed by atoms with E-state index in [0.29, 0.717) is 13.1 Å². The molecule has 2 aromatic rings. The van der Waals surface area contributed by atoms with Crippen molar-refractivity contribution in [3.63, 3.8) is 0 Å². The number of carbonyl (C=O) groups is 1. The summed E-state index contributed by atoms with van der Waals surface area (Å²) in [7, 11) is 1.83. The fourth-order valence-electron chi connectivity index (χ4n) is 3.72. The number of amides is 2. The van der Waals surface area contributed by atoms with E-state index in [9.17, 15) is 9.18 Å². The van der Waals surface area contributed by atoms with Crippen LogP contribution >= 0.6 is 12.4 Å². The summed E-state index contributed by atoms with van der Waals surface area (Å²) in [4.78, 5) is 18.7. The topological polar surface area (TPSA) is 38.8 Å². The molecule has 0 spiro atoms. The summed E-state index contributed by atoms with van der Waals surface area (Å²) in [6.45, 7) is 4.91. The van der Waals surface area contributed by atoms with Crippen LogP contribution in [0, 0.1) is 5.82 Å². The number of anilines is 2. The zero-order chi connectivity index (χ0) is 18.1. The quantitative estimate of drug-likeness (QED) is 0.874. The van der Waals surface area contributed by atoms with E-state index in [1.807, 2.05) is 19.2 Å². The van der Waals surface area contributed by atoms with Crippen molar-refractivity contribution in [3.8, 4) is 0 Å². The lowest BCUT2D eigenvalue weighted by molar-refractivity contribution is 0.210. The number of halogens is 2.